The van der Waals surface area contributed by atoms with E-state index in [0.717, 1.165) is 6.08 Å². The molecule has 30 heavy (non-hydrogen) atoms. The summed E-state index contributed by atoms with van der Waals surface area (Å²) in [5.74, 6) is -0.273. The predicted octanol–water partition coefficient (Wildman–Crippen LogP) is 1.65. The van der Waals surface area contributed by atoms with E-state index in [9.17, 15) is 22.2 Å². The minimum absolute atomic E-state index is 0.0777. The van der Waals surface area contributed by atoms with Crippen LogP contribution in [0.1, 0.15) is 12.8 Å². The third-order valence-electron chi connectivity index (χ3n) is 5.59. The summed E-state index contributed by atoms with van der Waals surface area (Å²) < 4.78 is 67.5. The molecule has 3 unspecified atom stereocenters. The molecular formula is C19H22F3N2O5S+. The van der Waals surface area contributed by atoms with Crippen LogP contribution < -0.4 is 5.32 Å². The Morgan fingerprint density at radius 1 is 1.20 bits per heavy atom. The third-order valence-corrected chi connectivity index (χ3v) is 6.10. The molecule has 0 bridgehead atoms. The molecule has 0 radical (unpaired) electrons. The number of carbonyl (C=O) groups excluding carboxylic acids is 1. The lowest BCUT2D eigenvalue weighted by atomic mass is 9.89. The molecule has 4 rings (SSSR count). The van der Waals surface area contributed by atoms with Crippen LogP contribution in [-0.2, 0) is 34.9 Å². The van der Waals surface area contributed by atoms with E-state index in [1.165, 1.54) is 6.08 Å². The summed E-state index contributed by atoms with van der Waals surface area (Å²) in [6.07, 6.45) is -2.17. The number of carbonyl (C=O) groups is 1. The van der Waals surface area contributed by atoms with Gasteiger partial charge >= 0.3 is 17.8 Å². The number of fused-ring (bicyclic) bond motifs is 2. The monoisotopic (exact) mass is 447 g/mol. The summed E-state index contributed by atoms with van der Waals surface area (Å²) in [6, 6.07) is 0. The van der Waals surface area contributed by atoms with Crippen molar-refractivity contribution in [2.24, 2.45) is 5.92 Å². The van der Waals surface area contributed by atoms with Gasteiger partial charge in [-0.25, -0.2) is 0 Å². The van der Waals surface area contributed by atoms with Crippen LogP contribution in [0.2, 0.25) is 0 Å². The van der Waals surface area contributed by atoms with Crippen LogP contribution in [0.5, 0.6) is 0 Å². The summed E-state index contributed by atoms with van der Waals surface area (Å²) in [5, 5.41) is 2.74. The predicted molar refractivity (Wildman–Crippen MR) is 100 cm³/mol. The molecule has 3 heterocycles. The molecule has 1 saturated heterocycles. The fourth-order valence-electron chi connectivity index (χ4n) is 4.05. The van der Waals surface area contributed by atoms with Gasteiger partial charge in [-0.05, 0) is 18.9 Å². The molecule has 164 valence electrons. The van der Waals surface area contributed by atoms with Gasteiger partial charge in [-0.3, -0.25) is 4.79 Å². The van der Waals surface area contributed by atoms with Crippen LogP contribution in [0.3, 0.4) is 0 Å². The summed E-state index contributed by atoms with van der Waals surface area (Å²) in [6.45, 7) is 2.01. The second kappa shape index (κ2) is 8.64. The van der Waals surface area contributed by atoms with Crippen LogP contribution in [0.25, 0.3) is 0 Å². The fraction of sp³-hybridized carbons (Fsp3) is 0.632. The topological polar surface area (TPSA) is 77.1 Å². The molecule has 3 aliphatic heterocycles. The molecule has 0 saturated carbocycles. The maximum atomic E-state index is 13.3. The van der Waals surface area contributed by atoms with E-state index in [1.807, 2.05) is 4.90 Å². The number of allylic oxidation sites excluding steroid dienone is 3. The standard InChI is InChI=1S/C19H21F3N2O5S/c20-19(21,22)11-1-2-15-14(7-11)16-17(29-15)18(25)23-4-6-24(16)5-3-12-8-28-13(9-27-12)10-30-26/h1-2,12-14H,3-10H2/p+1. The van der Waals surface area contributed by atoms with Crippen molar-refractivity contribution in [1.82, 2.24) is 10.2 Å². The van der Waals surface area contributed by atoms with E-state index in [1.54, 1.807) is 0 Å². The zero-order valence-electron chi connectivity index (χ0n) is 16.1. The Bertz CT molecular complexity index is 802. The van der Waals surface area contributed by atoms with Crippen molar-refractivity contribution in [1.29, 1.82) is 0 Å². The summed E-state index contributed by atoms with van der Waals surface area (Å²) in [7, 11) is 0. The molecule has 7 nitrogen and oxygen atoms in total. The van der Waals surface area contributed by atoms with Crippen molar-refractivity contribution in [3.63, 3.8) is 0 Å². The van der Waals surface area contributed by atoms with Crippen LogP contribution in [-0.4, -0.2) is 67.8 Å². The van der Waals surface area contributed by atoms with Crippen molar-refractivity contribution in [2.75, 3.05) is 38.6 Å². The third kappa shape index (κ3) is 4.37. The molecule has 0 aromatic rings. The van der Waals surface area contributed by atoms with Gasteiger partial charge < -0.3 is 24.4 Å². The second-order valence-electron chi connectivity index (χ2n) is 7.56. The van der Waals surface area contributed by atoms with Gasteiger partial charge in [0.05, 0.1) is 30.9 Å². The van der Waals surface area contributed by atoms with Crippen molar-refractivity contribution >= 4 is 17.6 Å². The molecular weight excluding hydrogens is 425 g/mol. The molecule has 1 aliphatic carbocycles. The minimum atomic E-state index is -4.42. The average molecular weight is 447 g/mol. The number of halogens is 3. The van der Waals surface area contributed by atoms with Crippen LogP contribution >= 0.6 is 0 Å². The number of rotatable bonds is 5. The summed E-state index contributed by atoms with van der Waals surface area (Å²) in [4.78, 5) is 14.3. The Hall–Kier alpha value is -1.98. The number of amides is 1. The number of nitrogens with zero attached hydrogens (tertiary/aromatic N) is 1. The lowest BCUT2D eigenvalue weighted by molar-refractivity contribution is -0.127. The maximum absolute atomic E-state index is 13.3. The Balaban J connectivity index is 1.46. The molecule has 1 fully saturated rings. The molecule has 4 aliphatic rings. The zero-order chi connectivity index (χ0) is 21.3. The lowest BCUT2D eigenvalue weighted by Crippen LogP contribution is -2.40. The zero-order valence-corrected chi connectivity index (χ0v) is 16.9. The Kier molecular flexibility index (Phi) is 6.12. The lowest BCUT2D eigenvalue weighted by Gasteiger charge is -2.32. The number of ether oxygens (including phenoxy) is 3. The van der Waals surface area contributed by atoms with Gasteiger partial charge in [0.2, 0.25) is 5.76 Å². The quantitative estimate of drug-likeness (QED) is 0.646. The highest BCUT2D eigenvalue weighted by Crippen LogP contribution is 2.46. The van der Waals surface area contributed by atoms with Gasteiger partial charge in [-0.15, -0.1) is 0 Å². The molecule has 0 spiro atoms. The largest absolute Gasteiger partial charge is 0.461 e. The SMILES string of the molecule is O=[S+]CC1COC(CCN2CCNC(=O)C3=C2C2CC(C(F)(F)F)=CC=C2O3)CO1. The first-order valence-corrected chi connectivity index (χ1v) is 10.7. The van der Waals surface area contributed by atoms with Crippen molar-refractivity contribution in [2.45, 2.75) is 31.2 Å². The number of hydrogen-bond acceptors (Lipinski definition) is 6. The first kappa shape index (κ1) is 21.3. The van der Waals surface area contributed by atoms with Gasteiger partial charge in [0.1, 0.15) is 11.9 Å². The van der Waals surface area contributed by atoms with Crippen molar-refractivity contribution in [3.05, 3.63) is 34.9 Å². The summed E-state index contributed by atoms with van der Waals surface area (Å²) >= 11 is 0.459. The number of nitrogens with one attached hydrogen (secondary N) is 1. The van der Waals surface area contributed by atoms with Gasteiger partial charge in [0, 0.05) is 29.4 Å². The highest BCUT2D eigenvalue weighted by Gasteiger charge is 2.45. The summed E-state index contributed by atoms with van der Waals surface area (Å²) in [5.41, 5.74) is -0.132. The highest BCUT2D eigenvalue weighted by molar-refractivity contribution is 7.65. The first-order chi connectivity index (χ1) is 14.4. The van der Waals surface area contributed by atoms with Crippen molar-refractivity contribution < 1.29 is 36.4 Å². The number of alkyl halides is 3. The van der Waals surface area contributed by atoms with E-state index in [4.69, 9.17) is 14.2 Å². The fourth-order valence-corrected chi connectivity index (χ4v) is 4.39. The second-order valence-corrected chi connectivity index (χ2v) is 8.13. The average Bonchev–Trinajstić information content (AvgIpc) is 3.02. The number of hydrogen-bond donors (Lipinski definition) is 1. The molecule has 1 amide bonds. The van der Waals surface area contributed by atoms with E-state index in [-0.39, 0.29) is 24.4 Å². The van der Waals surface area contributed by atoms with Crippen LogP contribution in [0, 0.1) is 5.92 Å². The minimum Gasteiger partial charge on any atom is -0.453 e. The van der Waals surface area contributed by atoms with Gasteiger partial charge in [-0.1, -0.05) is 6.08 Å². The Morgan fingerprint density at radius 3 is 2.67 bits per heavy atom. The van der Waals surface area contributed by atoms with Gasteiger partial charge in [0.25, 0.3) is 11.7 Å². The van der Waals surface area contributed by atoms with Gasteiger partial charge in [-0.2, -0.15) is 13.2 Å². The van der Waals surface area contributed by atoms with Crippen LogP contribution in [0.4, 0.5) is 13.2 Å². The van der Waals surface area contributed by atoms with Crippen molar-refractivity contribution in [3.8, 4) is 0 Å². The molecule has 11 heteroatoms. The first-order valence-electron chi connectivity index (χ1n) is 9.78. The Labute approximate surface area is 175 Å². The molecule has 0 aromatic heterocycles. The smallest absolute Gasteiger partial charge is 0.453 e. The highest BCUT2D eigenvalue weighted by atomic mass is 32.1. The molecule has 3 atom stereocenters. The normalized spacial score (nSPS) is 29.2. The van der Waals surface area contributed by atoms with Crippen LogP contribution in [0.15, 0.2) is 34.9 Å². The van der Waals surface area contributed by atoms with E-state index in [2.05, 4.69) is 5.32 Å². The van der Waals surface area contributed by atoms with E-state index >= 15 is 0 Å². The maximum Gasteiger partial charge on any atom is 0.461 e. The molecule has 0 aromatic carbocycles. The Morgan fingerprint density at radius 2 is 1.97 bits per heavy atom. The van der Waals surface area contributed by atoms with E-state index in [0.29, 0.717) is 68.1 Å². The molecule has 1 N–H and O–H groups in total. The van der Waals surface area contributed by atoms with E-state index < -0.39 is 23.6 Å². The van der Waals surface area contributed by atoms with Gasteiger partial charge in [0.15, 0.2) is 0 Å².